The lowest BCUT2D eigenvalue weighted by Gasteiger charge is -2.11. The number of hydrogen-bond donors (Lipinski definition) is 1. The zero-order chi connectivity index (χ0) is 17.4. The Morgan fingerprint density at radius 3 is 1.83 bits per heavy atom. The van der Waals surface area contributed by atoms with Crippen LogP contribution >= 0.6 is 0 Å². The van der Waals surface area contributed by atoms with Crippen LogP contribution in [-0.4, -0.2) is 30.8 Å². The third-order valence-electron chi connectivity index (χ3n) is 3.44. The van der Waals surface area contributed by atoms with Crippen LogP contribution in [0.25, 0.3) is 0 Å². The Bertz CT molecular complexity index is 597. The number of rotatable bonds is 9. The molecule has 0 aliphatic carbocycles. The van der Waals surface area contributed by atoms with Crippen molar-refractivity contribution in [2.75, 3.05) is 13.2 Å². The van der Waals surface area contributed by atoms with Gasteiger partial charge < -0.3 is 14.6 Å². The Morgan fingerprint density at radius 1 is 0.875 bits per heavy atom. The maximum absolute atomic E-state index is 12.2. The second-order valence-corrected chi connectivity index (χ2v) is 5.53. The number of alkyl halides is 2. The highest BCUT2D eigenvalue weighted by molar-refractivity contribution is 5.34. The van der Waals surface area contributed by atoms with Gasteiger partial charge in [-0.05, 0) is 48.2 Å². The van der Waals surface area contributed by atoms with E-state index in [4.69, 9.17) is 14.6 Å². The van der Waals surface area contributed by atoms with Crippen molar-refractivity contribution in [1.29, 1.82) is 0 Å². The van der Waals surface area contributed by atoms with Gasteiger partial charge in [0.1, 0.15) is 24.2 Å². The van der Waals surface area contributed by atoms with Crippen molar-refractivity contribution < 1.29 is 23.4 Å². The quantitative estimate of drug-likeness (QED) is 0.750. The SMILES string of the molecule is CCCOc1ccc(Cc2ccc(OCC(O)C(F)F)cc2)cc1. The summed E-state index contributed by atoms with van der Waals surface area (Å²) in [6.07, 6.45) is -2.83. The van der Waals surface area contributed by atoms with Crippen molar-refractivity contribution in [2.45, 2.75) is 32.3 Å². The van der Waals surface area contributed by atoms with E-state index >= 15 is 0 Å². The van der Waals surface area contributed by atoms with Gasteiger partial charge in [0.25, 0.3) is 6.43 Å². The van der Waals surface area contributed by atoms with Crippen LogP contribution in [0.3, 0.4) is 0 Å². The molecule has 0 radical (unpaired) electrons. The summed E-state index contributed by atoms with van der Waals surface area (Å²) < 4.78 is 35.1. The van der Waals surface area contributed by atoms with E-state index in [0.717, 1.165) is 29.7 Å². The van der Waals surface area contributed by atoms with Gasteiger partial charge in [0.2, 0.25) is 0 Å². The summed E-state index contributed by atoms with van der Waals surface area (Å²) in [6.45, 7) is 2.35. The van der Waals surface area contributed by atoms with Crippen molar-refractivity contribution in [3.05, 3.63) is 59.7 Å². The molecule has 0 bridgehead atoms. The summed E-state index contributed by atoms with van der Waals surface area (Å²) in [5.74, 6) is 1.32. The first-order valence-electron chi connectivity index (χ1n) is 7.98. The summed E-state index contributed by atoms with van der Waals surface area (Å²) in [4.78, 5) is 0. The normalized spacial score (nSPS) is 12.2. The fourth-order valence-corrected chi connectivity index (χ4v) is 2.12. The van der Waals surface area contributed by atoms with E-state index in [0.29, 0.717) is 12.4 Å². The summed E-state index contributed by atoms with van der Waals surface area (Å²) >= 11 is 0. The summed E-state index contributed by atoms with van der Waals surface area (Å²) in [6, 6.07) is 15.1. The molecule has 5 heteroatoms. The van der Waals surface area contributed by atoms with E-state index in [1.54, 1.807) is 12.1 Å². The molecule has 0 spiro atoms. The Labute approximate surface area is 140 Å². The van der Waals surface area contributed by atoms with Crippen molar-refractivity contribution in [2.24, 2.45) is 0 Å². The molecule has 0 saturated heterocycles. The van der Waals surface area contributed by atoms with Crippen LogP contribution in [0.1, 0.15) is 24.5 Å². The number of aliphatic hydroxyl groups excluding tert-OH is 1. The van der Waals surface area contributed by atoms with Crippen LogP contribution in [0.15, 0.2) is 48.5 Å². The van der Waals surface area contributed by atoms with Crippen molar-refractivity contribution in [1.82, 2.24) is 0 Å². The first-order chi connectivity index (χ1) is 11.6. The lowest BCUT2D eigenvalue weighted by molar-refractivity contribution is -0.0283. The highest BCUT2D eigenvalue weighted by Crippen LogP contribution is 2.18. The molecular formula is C19H22F2O3. The minimum Gasteiger partial charge on any atom is -0.494 e. The van der Waals surface area contributed by atoms with Gasteiger partial charge in [-0.15, -0.1) is 0 Å². The molecule has 2 rings (SSSR count). The molecule has 0 aromatic heterocycles. The van der Waals surface area contributed by atoms with Gasteiger partial charge in [0.05, 0.1) is 6.61 Å². The van der Waals surface area contributed by atoms with Gasteiger partial charge in [-0.1, -0.05) is 31.2 Å². The van der Waals surface area contributed by atoms with Crippen molar-refractivity contribution in [3.8, 4) is 11.5 Å². The smallest absolute Gasteiger partial charge is 0.267 e. The molecule has 0 aliphatic heterocycles. The molecule has 130 valence electrons. The van der Waals surface area contributed by atoms with Gasteiger partial charge in [-0.2, -0.15) is 0 Å². The van der Waals surface area contributed by atoms with Gasteiger partial charge in [-0.25, -0.2) is 8.78 Å². The average molecular weight is 336 g/mol. The zero-order valence-electron chi connectivity index (χ0n) is 13.6. The number of ether oxygens (including phenoxy) is 2. The zero-order valence-corrected chi connectivity index (χ0v) is 13.6. The van der Waals surface area contributed by atoms with Crippen LogP contribution in [0, 0.1) is 0 Å². The van der Waals surface area contributed by atoms with E-state index in [-0.39, 0.29) is 0 Å². The molecule has 0 saturated carbocycles. The first-order valence-corrected chi connectivity index (χ1v) is 7.98. The Balaban J connectivity index is 1.87. The summed E-state index contributed by atoms with van der Waals surface area (Å²) in [5.41, 5.74) is 2.24. The van der Waals surface area contributed by atoms with Crippen LogP contribution in [0.5, 0.6) is 11.5 Å². The van der Waals surface area contributed by atoms with Gasteiger partial charge in [0.15, 0.2) is 0 Å². The minimum absolute atomic E-state index is 0.420. The number of hydrogen-bond acceptors (Lipinski definition) is 3. The fourth-order valence-electron chi connectivity index (χ4n) is 2.12. The molecule has 1 N–H and O–H groups in total. The Hall–Kier alpha value is -2.14. The molecule has 0 aliphatic rings. The average Bonchev–Trinajstić information content (AvgIpc) is 2.60. The van der Waals surface area contributed by atoms with E-state index in [1.807, 2.05) is 36.4 Å². The van der Waals surface area contributed by atoms with E-state index < -0.39 is 19.1 Å². The number of benzene rings is 2. The first kappa shape index (κ1) is 18.2. The Morgan fingerprint density at radius 2 is 1.38 bits per heavy atom. The molecule has 1 atom stereocenters. The molecular weight excluding hydrogens is 314 g/mol. The molecule has 2 aromatic carbocycles. The predicted molar refractivity (Wildman–Crippen MR) is 89.0 cm³/mol. The minimum atomic E-state index is -2.80. The topological polar surface area (TPSA) is 38.7 Å². The molecule has 3 nitrogen and oxygen atoms in total. The molecule has 0 fully saturated rings. The van der Waals surface area contributed by atoms with Crippen LogP contribution < -0.4 is 9.47 Å². The van der Waals surface area contributed by atoms with Crippen LogP contribution in [-0.2, 0) is 6.42 Å². The highest BCUT2D eigenvalue weighted by atomic mass is 19.3. The van der Waals surface area contributed by atoms with Crippen molar-refractivity contribution >= 4 is 0 Å². The maximum Gasteiger partial charge on any atom is 0.267 e. The highest BCUT2D eigenvalue weighted by Gasteiger charge is 2.17. The van der Waals surface area contributed by atoms with E-state index in [1.165, 1.54) is 0 Å². The van der Waals surface area contributed by atoms with E-state index in [2.05, 4.69) is 6.92 Å². The van der Waals surface area contributed by atoms with Gasteiger partial charge in [0, 0.05) is 0 Å². The molecule has 2 aromatic rings. The third kappa shape index (κ3) is 5.81. The lowest BCUT2D eigenvalue weighted by Crippen LogP contribution is -2.25. The molecule has 0 heterocycles. The summed E-state index contributed by atoms with van der Waals surface area (Å²) in [5, 5.41) is 9.03. The molecule has 24 heavy (non-hydrogen) atoms. The third-order valence-corrected chi connectivity index (χ3v) is 3.44. The number of aliphatic hydroxyl groups is 1. The fraction of sp³-hybridized carbons (Fsp3) is 0.368. The second kappa shape index (κ2) is 9.23. The van der Waals surface area contributed by atoms with Crippen LogP contribution in [0.4, 0.5) is 8.78 Å². The van der Waals surface area contributed by atoms with E-state index in [9.17, 15) is 8.78 Å². The molecule has 1 unspecified atom stereocenters. The van der Waals surface area contributed by atoms with Gasteiger partial charge >= 0.3 is 0 Å². The monoisotopic (exact) mass is 336 g/mol. The summed E-state index contributed by atoms with van der Waals surface area (Å²) in [7, 11) is 0. The number of halogens is 2. The maximum atomic E-state index is 12.2. The Kier molecular flexibility index (Phi) is 7.00. The predicted octanol–water partition coefficient (Wildman–Crippen LogP) is 4.07. The van der Waals surface area contributed by atoms with Crippen molar-refractivity contribution in [3.63, 3.8) is 0 Å². The largest absolute Gasteiger partial charge is 0.494 e. The second-order valence-electron chi connectivity index (χ2n) is 5.53. The van der Waals surface area contributed by atoms with Crippen LogP contribution in [0.2, 0.25) is 0 Å². The standard InChI is InChI=1S/C19H22F2O3/c1-2-11-23-16-7-3-14(4-8-16)12-15-5-9-17(10-6-15)24-13-18(22)19(20)21/h3-10,18-19,22H,2,11-13H2,1H3. The molecule has 0 amide bonds. The lowest BCUT2D eigenvalue weighted by atomic mass is 10.0. The van der Waals surface area contributed by atoms with Gasteiger partial charge in [-0.3, -0.25) is 0 Å².